The van der Waals surface area contributed by atoms with E-state index in [1.165, 1.54) is 5.56 Å². The predicted octanol–water partition coefficient (Wildman–Crippen LogP) is 4.31. The minimum absolute atomic E-state index is 0.167. The number of nitrogens with one attached hydrogen (secondary N) is 2. The summed E-state index contributed by atoms with van der Waals surface area (Å²) in [5.41, 5.74) is 3.55. The molecule has 0 unspecified atom stereocenters. The number of pyridine rings is 1. The second-order valence-corrected chi connectivity index (χ2v) is 6.23. The SMILES string of the molecule is COc1cccc(CCNc2ccc(C(=O)Nc3ccccc3C)cn2)c1. The van der Waals surface area contributed by atoms with Gasteiger partial charge in [-0.3, -0.25) is 4.79 Å². The lowest BCUT2D eigenvalue weighted by molar-refractivity contribution is 0.102. The molecule has 0 spiro atoms. The van der Waals surface area contributed by atoms with Crippen LogP contribution in [0.3, 0.4) is 0 Å². The second-order valence-electron chi connectivity index (χ2n) is 6.23. The molecule has 3 aromatic rings. The number of carbonyl (C=O) groups is 1. The smallest absolute Gasteiger partial charge is 0.257 e. The Morgan fingerprint density at radius 2 is 1.93 bits per heavy atom. The zero-order chi connectivity index (χ0) is 19.1. The fourth-order valence-corrected chi connectivity index (χ4v) is 2.70. The zero-order valence-corrected chi connectivity index (χ0v) is 15.5. The summed E-state index contributed by atoms with van der Waals surface area (Å²) in [6.45, 7) is 2.71. The van der Waals surface area contributed by atoms with E-state index < -0.39 is 0 Å². The van der Waals surface area contributed by atoms with Gasteiger partial charge in [0.1, 0.15) is 11.6 Å². The van der Waals surface area contributed by atoms with E-state index in [2.05, 4.69) is 21.7 Å². The third-order valence-electron chi connectivity index (χ3n) is 4.27. The number of amides is 1. The summed E-state index contributed by atoms with van der Waals surface area (Å²) in [5.74, 6) is 1.43. The molecule has 27 heavy (non-hydrogen) atoms. The maximum absolute atomic E-state index is 12.4. The fourth-order valence-electron chi connectivity index (χ4n) is 2.70. The summed E-state index contributed by atoms with van der Waals surface area (Å²) >= 11 is 0. The van der Waals surface area contributed by atoms with Gasteiger partial charge in [0.05, 0.1) is 12.7 Å². The highest BCUT2D eigenvalue weighted by atomic mass is 16.5. The molecule has 2 N–H and O–H groups in total. The van der Waals surface area contributed by atoms with Crippen LogP contribution >= 0.6 is 0 Å². The molecule has 138 valence electrons. The Morgan fingerprint density at radius 1 is 1.07 bits per heavy atom. The topological polar surface area (TPSA) is 63.2 Å². The van der Waals surface area contributed by atoms with Gasteiger partial charge in [0.25, 0.3) is 5.91 Å². The lowest BCUT2D eigenvalue weighted by Crippen LogP contribution is -2.13. The largest absolute Gasteiger partial charge is 0.497 e. The average molecular weight is 361 g/mol. The van der Waals surface area contributed by atoms with Crippen molar-refractivity contribution in [3.63, 3.8) is 0 Å². The van der Waals surface area contributed by atoms with Crippen molar-refractivity contribution >= 4 is 17.4 Å². The van der Waals surface area contributed by atoms with Crippen LogP contribution in [0.4, 0.5) is 11.5 Å². The number of hydrogen-bond donors (Lipinski definition) is 2. The van der Waals surface area contributed by atoms with Crippen LogP contribution in [0.1, 0.15) is 21.5 Å². The number of hydrogen-bond acceptors (Lipinski definition) is 4. The number of nitrogens with zero attached hydrogens (tertiary/aromatic N) is 1. The van der Waals surface area contributed by atoms with Crippen molar-refractivity contribution in [1.29, 1.82) is 0 Å². The first-order valence-electron chi connectivity index (χ1n) is 8.85. The monoisotopic (exact) mass is 361 g/mol. The number of aryl methyl sites for hydroxylation is 1. The lowest BCUT2D eigenvalue weighted by Gasteiger charge is -2.09. The van der Waals surface area contributed by atoms with Crippen LogP contribution in [0.5, 0.6) is 5.75 Å². The molecule has 0 saturated heterocycles. The van der Waals surface area contributed by atoms with Crippen LogP contribution < -0.4 is 15.4 Å². The summed E-state index contributed by atoms with van der Waals surface area (Å²) < 4.78 is 5.23. The third-order valence-corrected chi connectivity index (χ3v) is 4.27. The van der Waals surface area contributed by atoms with Gasteiger partial charge in [-0.2, -0.15) is 0 Å². The molecule has 0 fully saturated rings. The van der Waals surface area contributed by atoms with E-state index in [1.807, 2.05) is 55.5 Å². The fraction of sp³-hybridized carbons (Fsp3) is 0.182. The summed E-state index contributed by atoms with van der Waals surface area (Å²) in [7, 11) is 1.66. The molecule has 5 nitrogen and oxygen atoms in total. The molecule has 1 aromatic heterocycles. The average Bonchev–Trinajstić information content (AvgIpc) is 2.70. The predicted molar refractivity (Wildman–Crippen MR) is 109 cm³/mol. The van der Waals surface area contributed by atoms with Crippen LogP contribution in [-0.2, 0) is 6.42 Å². The van der Waals surface area contributed by atoms with Gasteiger partial charge >= 0.3 is 0 Å². The van der Waals surface area contributed by atoms with Crippen molar-refractivity contribution in [1.82, 2.24) is 4.98 Å². The van der Waals surface area contributed by atoms with Crippen LogP contribution in [0.2, 0.25) is 0 Å². The maximum atomic E-state index is 12.4. The van der Waals surface area contributed by atoms with E-state index in [0.717, 1.165) is 35.8 Å². The lowest BCUT2D eigenvalue weighted by atomic mass is 10.1. The number of aromatic nitrogens is 1. The van der Waals surface area contributed by atoms with Crippen molar-refractivity contribution in [3.05, 3.63) is 83.6 Å². The highest BCUT2D eigenvalue weighted by Crippen LogP contribution is 2.16. The molecule has 5 heteroatoms. The minimum atomic E-state index is -0.167. The van der Waals surface area contributed by atoms with Crippen LogP contribution in [0.15, 0.2) is 66.9 Å². The molecule has 0 saturated carbocycles. The van der Waals surface area contributed by atoms with Gasteiger partial charge < -0.3 is 15.4 Å². The highest BCUT2D eigenvalue weighted by molar-refractivity contribution is 6.04. The van der Waals surface area contributed by atoms with E-state index >= 15 is 0 Å². The molecule has 0 atom stereocenters. The Hall–Kier alpha value is -3.34. The number of ether oxygens (including phenoxy) is 1. The van der Waals surface area contributed by atoms with Crippen LogP contribution in [0, 0.1) is 6.92 Å². The first kappa shape index (κ1) is 18.5. The minimum Gasteiger partial charge on any atom is -0.497 e. The summed E-state index contributed by atoms with van der Waals surface area (Å²) in [6, 6.07) is 19.3. The Labute approximate surface area is 159 Å². The Kier molecular flexibility index (Phi) is 6.05. The summed E-state index contributed by atoms with van der Waals surface area (Å²) in [6.07, 6.45) is 2.44. The van der Waals surface area contributed by atoms with Crippen molar-refractivity contribution < 1.29 is 9.53 Å². The van der Waals surface area contributed by atoms with E-state index in [0.29, 0.717) is 5.56 Å². The number of methoxy groups -OCH3 is 1. The first-order valence-corrected chi connectivity index (χ1v) is 8.85. The number of benzene rings is 2. The highest BCUT2D eigenvalue weighted by Gasteiger charge is 2.08. The molecule has 1 heterocycles. The molecule has 0 bridgehead atoms. The number of carbonyl (C=O) groups excluding carboxylic acids is 1. The van der Waals surface area contributed by atoms with E-state index in [4.69, 9.17) is 4.74 Å². The van der Waals surface area contributed by atoms with Gasteiger partial charge in [0.15, 0.2) is 0 Å². The molecular formula is C22H23N3O2. The molecule has 3 rings (SSSR count). The van der Waals surface area contributed by atoms with Gasteiger partial charge in [-0.05, 0) is 54.8 Å². The standard InChI is InChI=1S/C22H23N3O2/c1-16-6-3-4-9-20(16)25-22(26)18-10-11-21(24-15-18)23-13-12-17-7-5-8-19(14-17)27-2/h3-11,14-15H,12-13H2,1-2H3,(H,23,24)(H,25,26). The van der Waals surface area contributed by atoms with Crippen molar-refractivity contribution in [2.24, 2.45) is 0 Å². The number of anilines is 2. The van der Waals surface area contributed by atoms with E-state index in [9.17, 15) is 4.79 Å². The Morgan fingerprint density at radius 3 is 2.67 bits per heavy atom. The molecule has 0 aliphatic rings. The van der Waals surface area contributed by atoms with E-state index in [1.54, 1.807) is 19.4 Å². The zero-order valence-electron chi connectivity index (χ0n) is 15.5. The maximum Gasteiger partial charge on any atom is 0.257 e. The number of para-hydroxylation sites is 1. The summed E-state index contributed by atoms with van der Waals surface area (Å²) in [5, 5.41) is 6.18. The normalized spacial score (nSPS) is 10.3. The van der Waals surface area contributed by atoms with Gasteiger partial charge in [-0.15, -0.1) is 0 Å². The van der Waals surface area contributed by atoms with Gasteiger partial charge in [-0.25, -0.2) is 4.98 Å². The number of rotatable bonds is 7. The Bertz CT molecular complexity index is 907. The van der Waals surface area contributed by atoms with Crippen LogP contribution in [0.25, 0.3) is 0 Å². The molecule has 0 aliphatic heterocycles. The second kappa shape index (κ2) is 8.85. The third kappa shape index (κ3) is 5.07. The van der Waals surface area contributed by atoms with Gasteiger partial charge in [-0.1, -0.05) is 30.3 Å². The quantitative estimate of drug-likeness (QED) is 0.658. The molecule has 0 aliphatic carbocycles. The summed E-state index contributed by atoms with van der Waals surface area (Å²) in [4.78, 5) is 16.7. The van der Waals surface area contributed by atoms with Gasteiger partial charge in [0.2, 0.25) is 0 Å². The Balaban J connectivity index is 1.53. The van der Waals surface area contributed by atoms with Crippen molar-refractivity contribution in [3.8, 4) is 5.75 Å². The molecule has 2 aromatic carbocycles. The van der Waals surface area contributed by atoms with Crippen molar-refractivity contribution in [2.75, 3.05) is 24.3 Å². The first-order chi connectivity index (χ1) is 13.2. The van der Waals surface area contributed by atoms with E-state index in [-0.39, 0.29) is 5.91 Å². The van der Waals surface area contributed by atoms with Gasteiger partial charge in [0, 0.05) is 18.4 Å². The van der Waals surface area contributed by atoms with Crippen LogP contribution in [-0.4, -0.2) is 24.5 Å². The van der Waals surface area contributed by atoms with Crippen molar-refractivity contribution in [2.45, 2.75) is 13.3 Å². The molecular weight excluding hydrogens is 338 g/mol. The molecule has 1 amide bonds. The molecule has 0 radical (unpaired) electrons.